The highest BCUT2D eigenvalue weighted by atomic mass is 35.5. The maximum absolute atomic E-state index is 13.7. The van der Waals surface area contributed by atoms with Gasteiger partial charge in [-0.05, 0) is 31.2 Å². The molecule has 1 aromatic carbocycles. The van der Waals surface area contributed by atoms with Crippen molar-refractivity contribution >= 4 is 17.4 Å². The molecule has 0 amide bonds. The second-order valence-corrected chi connectivity index (χ2v) is 4.25. The molecule has 0 saturated heterocycles. The van der Waals surface area contributed by atoms with Crippen LogP contribution in [0.15, 0.2) is 36.4 Å². The molecule has 1 N–H and O–H groups in total. The third-order valence-corrected chi connectivity index (χ3v) is 2.84. The van der Waals surface area contributed by atoms with E-state index in [0.29, 0.717) is 16.4 Å². The van der Waals surface area contributed by atoms with Gasteiger partial charge in [0, 0.05) is 10.6 Å². The van der Waals surface area contributed by atoms with Crippen LogP contribution >= 0.6 is 11.6 Å². The molecule has 1 heterocycles. The van der Waals surface area contributed by atoms with Crippen LogP contribution < -0.4 is 5.32 Å². The quantitative estimate of drug-likeness (QED) is 0.845. The van der Waals surface area contributed by atoms with Crippen molar-refractivity contribution in [1.82, 2.24) is 4.98 Å². The fourth-order valence-corrected chi connectivity index (χ4v) is 2.03. The van der Waals surface area contributed by atoms with Gasteiger partial charge in [-0.25, -0.2) is 9.37 Å². The summed E-state index contributed by atoms with van der Waals surface area (Å²) >= 11 is 5.95. The van der Waals surface area contributed by atoms with Crippen LogP contribution in [-0.2, 0) is 0 Å². The van der Waals surface area contributed by atoms with E-state index >= 15 is 0 Å². The first-order chi connectivity index (χ1) is 8.58. The van der Waals surface area contributed by atoms with Crippen LogP contribution in [0.5, 0.6) is 0 Å². The summed E-state index contributed by atoms with van der Waals surface area (Å²) in [5.74, 6) is -0.660. The lowest BCUT2D eigenvalue weighted by molar-refractivity contribution is 0.582. The summed E-state index contributed by atoms with van der Waals surface area (Å²) in [4.78, 5) is 3.65. The molecule has 0 aliphatic carbocycles. The van der Waals surface area contributed by atoms with Gasteiger partial charge in [0.05, 0.1) is 6.04 Å². The van der Waals surface area contributed by atoms with Gasteiger partial charge < -0.3 is 5.32 Å². The first-order valence-electron chi connectivity index (χ1n) is 5.41. The van der Waals surface area contributed by atoms with Crippen molar-refractivity contribution in [2.75, 3.05) is 5.32 Å². The monoisotopic (exact) mass is 268 g/mol. The predicted molar refractivity (Wildman–Crippen MR) is 67.6 cm³/mol. The Morgan fingerprint density at radius 3 is 2.56 bits per heavy atom. The molecule has 18 heavy (non-hydrogen) atoms. The topological polar surface area (TPSA) is 24.9 Å². The molecular formula is C13H11ClF2N2. The lowest BCUT2D eigenvalue weighted by Crippen LogP contribution is -2.10. The van der Waals surface area contributed by atoms with Crippen LogP contribution in [-0.4, -0.2) is 4.98 Å². The molecule has 2 nitrogen and oxygen atoms in total. The van der Waals surface area contributed by atoms with Gasteiger partial charge in [-0.15, -0.1) is 0 Å². The maximum atomic E-state index is 13.7. The number of halogens is 3. The minimum atomic E-state index is -0.591. The number of nitrogens with one attached hydrogen (secondary N) is 1. The molecule has 94 valence electrons. The molecular weight excluding hydrogens is 258 g/mol. The Balaban J connectivity index is 2.25. The number of anilines is 1. The Labute approximate surface area is 109 Å². The van der Waals surface area contributed by atoms with Crippen molar-refractivity contribution in [2.45, 2.75) is 13.0 Å². The minimum Gasteiger partial charge on any atom is -0.363 e. The second kappa shape index (κ2) is 5.31. The normalized spacial score (nSPS) is 12.2. The van der Waals surface area contributed by atoms with Gasteiger partial charge in [-0.1, -0.05) is 23.7 Å². The largest absolute Gasteiger partial charge is 0.363 e. The molecule has 0 fully saturated rings. The average molecular weight is 269 g/mol. The van der Waals surface area contributed by atoms with Gasteiger partial charge in [0.1, 0.15) is 11.6 Å². The van der Waals surface area contributed by atoms with E-state index in [2.05, 4.69) is 10.3 Å². The summed E-state index contributed by atoms with van der Waals surface area (Å²) in [6.45, 7) is 1.73. The van der Waals surface area contributed by atoms with Crippen molar-refractivity contribution in [3.05, 3.63) is 58.7 Å². The molecule has 0 radical (unpaired) electrons. The number of hydrogen-bond acceptors (Lipinski definition) is 2. The van der Waals surface area contributed by atoms with Crippen LogP contribution in [0.25, 0.3) is 0 Å². The van der Waals surface area contributed by atoms with E-state index in [4.69, 9.17) is 11.6 Å². The molecule has 0 saturated carbocycles. The number of nitrogens with zero attached hydrogens (tertiary/aromatic N) is 1. The van der Waals surface area contributed by atoms with Crippen molar-refractivity contribution in [2.24, 2.45) is 0 Å². The van der Waals surface area contributed by atoms with Crippen LogP contribution in [0, 0.1) is 11.8 Å². The van der Waals surface area contributed by atoms with Crippen LogP contribution in [0.1, 0.15) is 18.5 Å². The zero-order chi connectivity index (χ0) is 13.1. The number of rotatable bonds is 3. The lowest BCUT2D eigenvalue weighted by Gasteiger charge is -2.16. The fraction of sp³-hybridized carbons (Fsp3) is 0.154. The molecule has 0 bridgehead atoms. The summed E-state index contributed by atoms with van der Waals surface area (Å²) in [6.07, 6.45) is 0. The summed E-state index contributed by atoms with van der Waals surface area (Å²) < 4.78 is 26.6. The Morgan fingerprint density at radius 2 is 1.89 bits per heavy atom. The predicted octanol–water partition coefficient (Wildman–Crippen LogP) is 4.19. The maximum Gasteiger partial charge on any atom is 0.214 e. The Morgan fingerprint density at radius 1 is 1.17 bits per heavy atom. The molecule has 0 aliphatic rings. The highest BCUT2D eigenvalue weighted by Crippen LogP contribution is 2.27. The number of benzene rings is 1. The molecule has 1 atom stereocenters. The third kappa shape index (κ3) is 2.76. The Bertz CT molecular complexity index is 540. The SMILES string of the molecule is CC(Nc1cccc(F)n1)c1c(F)cccc1Cl. The smallest absolute Gasteiger partial charge is 0.214 e. The van der Waals surface area contributed by atoms with Gasteiger partial charge >= 0.3 is 0 Å². The number of pyridine rings is 1. The molecule has 0 spiro atoms. The Hall–Kier alpha value is -1.68. The van der Waals surface area contributed by atoms with Gasteiger partial charge in [0.2, 0.25) is 5.95 Å². The summed E-state index contributed by atoms with van der Waals surface area (Å²) in [7, 11) is 0. The van der Waals surface area contributed by atoms with Crippen molar-refractivity contribution in [3.63, 3.8) is 0 Å². The minimum absolute atomic E-state index is 0.325. The lowest BCUT2D eigenvalue weighted by atomic mass is 10.1. The van der Waals surface area contributed by atoms with Crippen LogP contribution in [0.4, 0.5) is 14.6 Å². The van der Waals surface area contributed by atoms with E-state index in [1.54, 1.807) is 19.1 Å². The molecule has 2 aromatic rings. The van der Waals surface area contributed by atoms with E-state index in [1.807, 2.05) is 0 Å². The number of hydrogen-bond donors (Lipinski definition) is 1. The Kier molecular flexibility index (Phi) is 3.77. The van der Waals surface area contributed by atoms with E-state index in [0.717, 1.165) is 0 Å². The highest BCUT2D eigenvalue weighted by molar-refractivity contribution is 6.31. The van der Waals surface area contributed by atoms with Crippen LogP contribution in [0.3, 0.4) is 0 Å². The average Bonchev–Trinajstić information content (AvgIpc) is 2.28. The zero-order valence-corrected chi connectivity index (χ0v) is 10.4. The number of aromatic nitrogens is 1. The van der Waals surface area contributed by atoms with Gasteiger partial charge in [0.15, 0.2) is 0 Å². The first kappa shape index (κ1) is 12.8. The third-order valence-electron chi connectivity index (χ3n) is 2.51. The highest BCUT2D eigenvalue weighted by Gasteiger charge is 2.15. The van der Waals surface area contributed by atoms with Crippen molar-refractivity contribution in [3.8, 4) is 0 Å². The van der Waals surface area contributed by atoms with Gasteiger partial charge in [-0.2, -0.15) is 4.39 Å². The van der Waals surface area contributed by atoms with E-state index < -0.39 is 17.8 Å². The summed E-state index contributed by atoms with van der Waals surface area (Å²) in [5, 5.41) is 3.23. The van der Waals surface area contributed by atoms with Crippen molar-refractivity contribution < 1.29 is 8.78 Å². The zero-order valence-electron chi connectivity index (χ0n) is 9.62. The summed E-state index contributed by atoms with van der Waals surface area (Å²) in [6, 6.07) is 8.44. The molecule has 0 aliphatic heterocycles. The molecule has 5 heteroatoms. The summed E-state index contributed by atoms with van der Waals surface area (Å²) in [5.41, 5.74) is 0.338. The van der Waals surface area contributed by atoms with E-state index in [9.17, 15) is 8.78 Å². The molecule has 1 unspecified atom stereocenters. The van der Waals surface area contributed by atoms with Crippen LogP contribution in [0.2, 0.25) is 5.02 Å². The second-order valence-electron chi connectivity index (χ2n) is 3.85. The fourth-order valence-electron chi connectivity index (χ4n) is 1.71. The van der Waals surface area contributed by atoms with E-state index in [-0.39, 0.29) is 0 Å². The molecule has 1 aromatic heterocycles. The van der Waals surface area contributed by atoms with Gasteiger partial charge in [0.25, 0.3) is 0 Å². The van der Waals surface area contributed by atoms with Crippen molar-refractivity contribution in [1.29, 1.82) is 0 Å². The van der Waals surface area contributed by atoms with Gasteiger partial charge in [-0.3, -0.25) is 0 Å². The standard InChI is InChI=1S/C13H11ClF2N2/c1-8(13-9(14)4-2-5-10(13)15)17-12-7-3-6-11(16)18-12/h2-8H,1H3,(H,17,18). The van der Waals surface area contributed by atoms with E-state index in [1.165, 1.54) is 24.3 Å². The first-order valence-corrected chi connectivity index (χ1v) is 5.78. The molecule has 2 rings (SSSR count).